The zero-order chi connectivity index (χ0) is 19.6. The number of carbonyl (C=O) groups is 1. The van der Waals surface area contributed by atoms with Gasteiger partial charge >= 0.3 is 0 Å². The van der Waals surface area contributed by atoms with Crippen LogP contribution in [0, 0.1) is 12.8 Å². The van der Waals surface area contributed by atoms with Gasteiger partial charge in [0.05, 0.1) is 0 Å². The monoisotopic (exact) mass is 371 g/mol. The summed E-state index contributed by atoms with van der Waals surface area (Å²) >= 11 is 0. The van der Waals surface area contributed by atoms with Gasteiger partial charge in [0.25, 0.3) is 11.5 Å². The summed E-state index contributed by atoms with van der Waals surface area (Å²) < 4.78 is 3.32. The Morgan fingerprint density at radius 1 is 1.26 bits per heavy atom. The lowest BCUT2D eigenvalue weighted by molar-refractivity contribution is 0.0731. The molecule has 1 saturated heterocycles. The van der Waals surface area contributed by atoms with Crippen molar-refractivity contribution in [3.8, 4) is 0 Å². The largest absolute Gasteiger partial charge is 0.340 e. The predicted octanol–water partition coefficient (Wildman–Crippen LogP) is 1.41. The third-order valence-electron chi connectivity index (χ3n) is 5.49. The molecule has 0 atom stereocenters. The van der Waals surface area contributed by atoms with Crippen LogP contribution in [0.5, 0.6) is 0 Å². The zero-order valence-electron chi connectivity index (χ0n) is 16.7. The van der Waals surface area contributed by atoms with E-state index in [1.165, 1.54) is 0 Å². The van der Waals surface area contributed by atoms with E-state index >= 15 is 0 Å². The maximum absolute atomic E-state index is 12.6. The molecular weight excluding hydrogens is 342 g/mol. The van der Waals surface area contributed by atoms with Crippen molar-refractivity contribution in [2.24, 2.45) is 20.0 Å². The molecule has 0 aliphatic carbocycles. The molecule has 1 aliphatic heterocycles. The van der Waals surface area contributed by atoms with Crippen LogP contribution < -0.4 is 5.56 Å². The smallest absolute Gasteiger partial charge is 0.274 e. The Morgan fingerprint density at radius 3 is 2.56 bits per heavy atom. The molecule has 0 aromatic carbocycles. The third kappa shape index (κ3) is 4.66. The number of carbonyl (C=O) groups excluding carboxylic acids is 1. The predicted molar refractivity (Wildman–Crippen MR) is 105 cm³/mol. The van der Waals surface area contributed by atoms with Gasteiger partial charge in [0.2, 0.25) is 0 Å². The van der Waals surface area contributed by atoms with E-state index in [-0.39, 0.29) is 11.5 Å². The molecule has 3 heterocycles. The number of amides is 1. The number of piperidine rings is 1. The number of nitrogens with zero attached hydrogens (tertiary/aromatic N) is 5. The highest BCUT2D eigenvalue weighted by Gasteiger charge is 2.23. The highest BCUT2D eigenvalue weighted by atomic mass is 16.2. The van der Waals surface area contributed by atoms with E-state index in [4.69, 9.17) is 0 Å². The fourth-order valence-corrected chi connectivity index (χ4v) is 3.60. The highest BCUT2D eigenvalue weighted by molar-refractivity contribution is 5.92. The molecule has 2 aromatic rings. The van der Waals surface area contributed by atoms with Crippen molar-refractivity contribution < 1.29 is 4.79 Å². The summed E-state index contributed by atoms with van der Waals surface area (Å²) in [5.41, 5.74) is 2.60. The number of likely N-dealkylation sites (tertiary alicyclic amines) is 1. The normalized spacial score (nSPS) is 15.9. The number of pyridine rings is 1. The second-order valence-corrected chi connectivity index (χ2v) is 7.68. The molecule has 1 amide bonds. The number of aromatic nitrogens is 3. The number of hydrogen-bond donors (Lipinski definition) is 0. The van der Waals surface area contributed by atoms with Gasteiger partial charge in [0.1, 0.15) is 0 Å². The summed E-state index contributed by atoms with van der Waals surface area (Å²) in [5, 5.41) is 4.29. The minimum absolute atomic E-state index is 0.0127. The van der Waals surface area contributed by atoms with E-state index in [9.17, 15) is 9.59 Å². The Bertz CT molecular complexity index is 842. The van der Waals surface area contributed by atoms with E-state index < -0.39 is 0 Å². The number of hydrogen-bond acceptors (Lipinski definition) is 4. The third-order valence-corrected chi connectivity index (χ3v) is 5.49. The summed E-state index contributed by atoms with van der Waals surface area (Å²) in [4.78, 5) is 28.5. The van der Waals surface area contributed by atoms with E-state index in [2.05, 4.69) is 10.00 Å². The van der Waals surface area contributed by atoms with Crippen molar-refractivity contribution in [2.75, 3.05) is 26.7 Å². The second kappa shape index (κ2) is 8.08. The average molecular weight is 371 g/mol. The maximum Gasteiger partial charge on any atom is 0.274 e. The fourth-order valence-electron chi connectivity index (χ4n) is 3.60. The van der Waals surface area contributed by atoms with Crippen LogP contribution in [0.15, 0.2) is 29.2 Å². The molecule has 146 valence electrons. The minimum Gasteiger partial charge on any atom is -0.340 e. The Kier molecular flexibility index (Phi) is 5.79. The maximum atomic E-state index is 12.6. The van der Waals surface area contributed by atoms with E-state index in [0.717, 1.165) is 50.3 Å². The SMILES string of the molecule is Cc1cc(C(=O)N(C)CC2CCN(Cc3ccn(C)c(=O)c3)CC2)nn1C. The molecule has 0 radical (unpaired) electrons. The quantitative estimate of drug-likeness (QED) is 0.797. The van der Waals surface area contributed by atoms with Crippen LogP contribution >= 0.6 is 0 Å². The molecular formula is C20H29N5O2. The first-order valence-electron chi connectivity index (χ1n) is 9.47. The van der Waals surface area contributed by atoms with Crippen molar-refractivity contribution in [1.29, 1.82) is 0 Å². The molecule has 1 aliphatic rings. The van der Waals surface area contributed by atoms with Crippen molar-refractivity contribution in [3.05, 3.63) is 51.7 Å². The highest BCUT2D eigenvalue weighted by Crippen LogP contribution is 2.20. The standard InChI is InChI=1S/C20H29N5O2/c1-15-11-18(21-24(15)4)20(27)23(3)13-16-6-9-25(10-7-16)14-17-5-8-22(2)19(26)12-17/h5,8,11-12,16H,6-7,9-10,13-14H2,1-4H3. The number of rotatable bonds is 5. The van der Waals surface area contributed by atoms with Crippen molar-refractivity contribution in [1.82, 2.24) is 24.1 Å². The molecule has 7 nitrogen and oxygen atoms in total. The first-order chi connectivity index (χ1) is 12.8. The molecule has 3 rings (SSSR count). The first-order valence-corrected chi connectivity index (χ1v) is 9.47. The van der Waals surface area contributed by atoms with Crippen LogP contribution in [0.3, 0.4) is 0 Å². The summed E-state index contributed by atoms with van der Waals surface area (Å²) in [6.07, 6.45) is 3.94. The Labute approximate surface area is 160 Å². The Morgan fingerprint density at radius 2 is 1.96 bits per heavy atom. The second-order valence-electron chi connectivity index (χ2n) is 7.68. The molecule has 0 N–H and O–H groups in total. The van der Waals surface area contributed by atoms with E-state index in [0.29, 0.717) is 11.6 Å². The fraction of sp³-hybridized carbons (Fsp3) is 0.550. The molecule has 0 spiro atoms. The van der Waals surface area contributed by atoms with Crippen LogP contribution in [-0.4, -0.2) is 56.7 Å². The summed E-state index contributed by atoms with van der Waals surface area (Å²) in [6, 6.07) is 5.56. The van der Waals surface area contributed by atoms with Gasteiger partial charge in [-0.2, -0.15) is 5.10 Å². The van der Waals surface area contributed by atoms with Crippen LogP contribution in [0.1, 0.15) is 34.6 Å². The van der Waals surface area contributed by atoms with Gasteiger partial charge in [0, 0.05) is 52.2 Å². The summed E-state index contributed by atoms with van der Waals surface area (Å²) in [5.74, 6) is 0.491. The molecule has 1 fully saturated rings. The van der Waals surface area contributed by atoms with E-state index in [1.54, 1.807) is 27.3 Å². The Hall–Kier alpha value is -2.41. The van der Waals surface area contributed by atoms with Gasteiger partial charge in [-0.3, -0.25) is 19.2 Å². The van der Waals surface area contributed by atoms with Gasteiger partial charge in [0.15, 0.2) is 5.69 Å². The zero-order valence-corrected chi connectivity index (χ0v) is 16.7. The summed E-state index contributed by atoms with van der Waals surface area (Å²) in [7, 11) is 5.48. The lowest BCUT2D eigenvalue weighted by Crippen LogP contribution is -2.39. The van der Waals surface area contributed by atoms with Gasteiger partial charge in [-0.1, -0.05) is 0 Å². The van der Waals surface area contributed by atoms with Gasteiger partial charge in [-0.05, 0) is 56.5 Å². The Balaban J connectivity index is 1.49. The lowest BCUT2D eigenvalue weighted by atomic mass is 9.96. The number of aryl methyl sites for hydroxylation is 3. The lowest BCUT2D eigenvalue weighted by Gasteiger charge is -2.33. The average Bonchev–Trinajstić information content (AvgIpc) is 2.98. The molecule has 0 saturated carbocycles. The van der Waals surface area contributed by atoms with E-state index in [1.807, 2.05) is 39.3 Å². The van der Waals surface area contributed by atoms with Crippen molar-refractivity contribution in [2.45, 2.75) is 26.3 Å². The topological polar surface area (TPSA) is 63.4 Å². The van der Waals surface area contributed by atoms with Gasteiger partial charge in [-0.25, -0.2) is 0 Å². The molecule has 27 heavy (non-hydrogen) atoms. The van der Waals surface area contributed by atoms with Crippen molar-refractivity contribution >= 4 is 5.91 Å². The van der Waals surface area contributed by atoms with Crippen LogP contribution in [0.4, 0.5) is 0 Å². The minimum atomic E-state index is -0.0127. The van der Waals surface area contributed by atoms with Crippen LogP contribution in [0.2, 0.25) is 0 Å². The van der Waals surface area contributed by atoms with Gasteiger partial charge < -0.3 is 9.47 Å². The van der Waals surface area contributed by atoms with Crippen molar-refractivity contribution in [3.63, 3.8) is 0 Å². The van der Waals surface area contributed by atoms with Crippen LogP contribution in [-0.2, 0) is 20.6 Å². The molecule has 0 unspecified atom stereocenters. The molecule has 0 bridgehead atoms. The molecule has 2 aromatic heterocycles. The first kappa shape index (κ1) is 19.4. The van der Waals surface area contributed by atoms with Crippen LogP contribution in [0.25, 0.3) is 0 Å². The summed E-state index contributed by atoms with van der Waals surface area (Å²) in [6.45, 7) is 5.50. The van der Waals surface area contributed by atoms with Gasteiger partial charge in [-0.15, -0.1) is 0 Å². The molecule has 7 heteroatoms.